The van der Waals surface area contributed by atoms with Gasteiger partial charge in [0.2, 0.25) is 5.91 Å². The zero-order valence-electron chi connectivity index (χ0n) is 14.0. The van der Waals surface area contributed by atoms with Crippen LogP contribution in [0.15, 0.2) is 18.2 Å². The van der Waals surface area contributed by atoms with Gasteiger partial charge >= 0.3 is 0 Å². The molecular weight excluding hydrogens is 278 g/mol. The van der Waals surface area contributed by atoms with Gasteiger partial charge in [-0.05, 0) is 36.5 Å². The van der Waals surface area contributed by atoms with Gasteiger partial charge in [0.05, 0.1) is 20.1 Å². The molecule has 0 saturated heterocycles. The minimum Gasteiger partial charge on any atom is -0.493 e. The summed E-state index contributed by atoms with van der Waals surface area (Å²) in [5.74, 6) is 1.53. The molecule has 1 aromatic rings. The SMILES string of the molecule is COc1ccc(C(C(=O)NC2CCCC2)C(C)C)cc1OC. The van der Waals surface area contributed by atoms with E-state index in [1.807, 2.05) is 18.2 Å². The molecule has 2 rings (SSSR count). The highest BCUT2D eigenvalue weighted by molar-refractivity contribution is 5.84. The average molecular weight is 305 g/mol. The number of methoxy groups -OCH3 is 2. The maximum Gasteiger partial charge on any atom is 0.228 e. The van der Waals surface area contributed by atoms with Crippen LogP contribution >= 0.6 is 0 Å². The van der Waals surface area contributed by atoms with Gasteiger partial charge in [-0.1, -0.05) is 32.8 Å². The van der Waals surface area contributed by atoms with Gasteiger partial charge in [-0.2, -0.15) is 0 Å². The summed E-state index contributed by atoms with van der Waals surface area (Å²) in [6.45, 7) is 4.16. The molecule has 0 aromatic heterocycles. The number of benzene rings is 1. The number of nitrogens with one attached hydrogen (secondary N) is 1. The topological polar surface area (TPSA) is 47.6 Å². The van der Waals surface area contributed by atoms with Gasteiger partial charge in [-0.15, -0.1) is 0 Å². The zero-order valence-corrected chi connectivity index (χ0v) is 14.0. The molecule has 1 aliphatic rings. The predicted octanol–water partition coefficient (Wildman–Crippen LogP) is 3.50. The van der Waals surface area contributed by atoms with Crippen LogP contribution in [0.3, 0.4) is 0 Å². The van der Waals surface area contributed by atoms with Gasteiger partial charge in [0.1, 0.15) is 0 Å². The zero-order chi connectivity index (χ0) is 16.1. The van der Waals surface area contributed by atoms with Crippen molar-refractivity contribution in [1.29, 1.82) is 0 Å². The maximum atomic E-state index is 12.7. The molecule has 0 radical (unpaired) electrons. The van der Waals surface area contributed by atoms with Crippen LogP contribution in [0.25, 0.3) is 0 Å². The lowest BCUT2D eigenvalue weighted by molar-refractivity contribution is -0.124. The fraction of sp³-hybridized carbons (Fsp3) is 0.611. The van der Waals surface area contributed by atoms with Crippen LogP contribution in [0, 0.1) is 5.92 Å². The second-order valence-electron chi connectivity index (χ2n) is 6.33. The first-order chi connectivity index (χ1) is 10.6. The molecular formula is C18H27NO3. The number of carbonyl (C=O) groups is 1. The summed E-state index contributed by atoms with van der Waals surface area (Å²) in [5, 5.41) is 3.21. The van der Waals surface area contributed by atoms with Crippen molar-refractivity contribution < 1.29 is 14.3 Å². The number of rotatable bonds is 6. The first-order valence-electron chi connectivity index (χ1n) is 8.09. The molecule has 1 fully saturated rings. The Morgan fingerprint density at radius 1 is 1.14 bits per heavy atom. The van der Waals surface area contributed by atoms with Crippen molar-refractivity contribution in [3.8, 4) is 11.5 Å². The van der Waals surface area contributed by atoms with E-state index in [-0.39, 0.29) is 17.7 Å². The summed E-state index contributed by atoms with van der Waals surface area (Å²) in [4.78, 5) is 12.7. The minimum absolute atomic E-state index is 0.120. The Balaban J connectivity index is 2.21. The predicted molar refractivity (Wildman–Crippen MR) is 87.5 cm³/mol. The summed E-state index contributed by atoms with van der Waals surface area (Å²) in [6, 6.07) is 6.08. The number of hydrogen-bond donors (Lipinski definition) is 1. The lowest BCUT2D eigenvalue weighted by Gasteiger charge is -2.24. The molecule has 4 nitrogen and oxygen atoms in total. The average Bonchev–Trinajstić information content (AvgIpc) is 2.99. The van der Waals surface area contributed by atoms with Crippen LogP contribution in [-0.4, -0.2) is 26.2 Å². The monoisotopic (exact) mass is 305 g/mol. The Morgan fingerprint density at radius 3 is 2.32 bits per heavy atom. The second-order valence-corrected chi connectivity index (χ2v) is 6.33. The van der Waals surface area contributed by atoms with Crippen LogP contribution in [-0.2, 0) is 4.79 Å². The van der Waals surface area contributed by atoms with E-state index in [1.165, 1.54) is 12.8 Å². The van der Waals surface area contributed by atoms with E-state index in [0.29, 0.717) is 17.5 Å². The van der Waals surface area contributed by atoms with Crippen molar-refractivity contribution >= 4 is 5.91 Å². The van der Waals surface area contributed by atoms with E-state index in [2.05, 4.69) is 19.2 Å². The molecule has 4 heteroatoms. The van der Waals surface area contributed by atoms with Gasteiger partial charge in [0.15, 0.2) is 11.5 Å². The molecule has 1 saturated carbocycles. The fourth-order valence-corrected chi connectivity index (χ4v) is 3.25. The Morgan fingerprint density at radius 2 is 1.77 bits per heavy atom. The van der Waals surface area contributed by atoms with E-state index >= 15 is 0 Å². The Labute approximate surface area is 133 Å². The lowest BCUT2D eigenvalue weighted by Crippen LogP contribution is -2.38. The van der Waals surface area contributed by atoms with Crippen LogP contribution in [0.2, 0.25) is 0 Å². The smallest absolute Gasteiger partial charge is 0.228 e. The standard InChI is InChI=1S/C18H27NO3/c1-12(2)17(18(20)19-14-7-5-6-8-14)13-9-10-15(21-3)16(11-13)22-4/h9-12,14,17H,5-8H2,1-4H3,(H,19,20). The number of carbonyl (C=O) groups excluding carboxylic acids is 1. The third-order valence-corrected chi connectivity index (χ3v) is 4.42. The van der Waals surface area contributed by atoms with Crippen molar-refractivity contribution in [2.45, 2.75) is 51.5 Å². The molecule has 1 aromatic carbocycles. The summed E-state index contributed by atoms with van der Waals surface area (Å²) in [5.41, 5.74) is 0.975. The van der Waals surface area contributed by atoms with Crippen molar-refractivity contribution in [1.82, 2.24) is 5.32 Å². The largest absolute Gasteiger partial charge is 0.493 e. The molecule has 0 heterocycles. The first kappa shape index (κ1) is 16.7. The summed E-state index contributed by atoms with van der Waals surface area (Å²) >= 11 is 0. The van der Waals surface area contributed by atoms with E-state index in [1.54, 1.807) is 14.2 Å². The van der Waals surface area contributed by atoms with Crippen molar-refractivity contribution in [2.75, 3.05) is 14.2 Å². The van der Waals surface area contributed by atoms with Crippen molar-refractivity contribution in [3.05, 3.63) is 23.8 Å². The molecule has 0 aliphatic heterocycles. The number of amides is 1. The third kappa shape index (κ3) is 3.73. The van der Waals surface area contributed by atoms with Crippen molar-refractivity contribution in [2.24, 2.45) is 5.92 Å². The molecule has 122 valence electrons. The quantitative estimate of drug-likeness (QED) is 0.875. The molecule has 0 spiro atoms. The summed E-state index contributed by atoms with van der Waals surface area (Å²) in [6.07, 6.45) is 4.63. The molecule has 22 heavy (non-hydrogen) atoms. The number of ether oxygens (including phenoxy) is 2. The Bertz CT molecular complexity index is 507. The van der Waals surface area contributed by atoms with Crippen LogP contribution < -0.4 is 14.8 Å². The van der Waals surface area contributed by atoms with E-state index in [0.717, 1.165) is 18.4 Å². The molecule has 1 amide bonds. The summed E-state index contributed by atoms with van der Waals surface area (Å²) in [7, 11) is 3.23. The molecule has 0 bridgehead atoms. The van der Waals surface area contributed by atoms with Gasteiger partial charge < -0.3 is 14.8 Å². The Hall–Kier alpha value is -1.71. The fourth-order valence-electron chi connectivity index (χ4n) is 3.25. The maximum absolute atomic E-state index is 12.7. The lowest BCUT2D eigenvalue weighted by atomic mass is 9.87. The molecule has 1 N–H and O–H groups in total. The normalized spacial score (nSPS) is 16.6. The van der Waals surface area contributed by atoms with Crippen LogP contribution in [0.5, 0.6) is 11.5 Å². The highest BCUT2D eigenvalue weighted by Crippen LogP contribution is 2.34. The van der Waals surface area contributed by atoms with Crippen molar-refractivity contribution in [3.63, 3.8) is 0 Å². The third-order valence-electron chi connectivity index (χ3n) is 4.42. The van der Waals surface area contributed by atoms with Crippen LogP contribution in [0.1, 0.15) is 51.0 Å². The van der Waals surface area contributed by atoms with Gasteiger partial charge in [-0.3, -0.25) is 4.79 Å². The molecule has 1 aliphatic carbocycles. The van der Waals surface area contributed by atoms with Gasteiger partial charge in [0.25, 0.3) is 0 Å². The molecule has 1 unspecified atom stereocenters. The number of hydrogen-bond acceptors (Lipinski definition) is 3. The second kappa shape index (κ2) is 7.52. The van der Waals surface area contributed by atoms with Crippen LogP contribution in [0.4, 0.5) is 0 Å². The highest BCUT2D eigenvalue weighted by Gasteiger charge is 2.28. The highest BCUT2D eigenvalue weighted by atomic mass is 16.5. The van der Waals surface area contributed by atoms with Gasteiger partial charge in [0, 0.05) is 6.04 Å². The molecule has 1 atom stereocenters. The first-order valence-corrected chi connectivity index (χ1v) is 8.09. The van der Waals surface area contributed by atoms with Gasteiger partial charge in [-0.25, -0.2) is 0 Å². The Kier molecular flexibility index (Phi) is 5.69. The van der Waals surface area contributed by atoms with E-state index in [9.17, 15) is 4.79 Å². The van der Waals surface area contributed by atoms with E-state index < -0.39 is 0 Å². The van der Waals surface area contributed by atoms with E-state index in [4.69, 9.17) is 9.47 Å². The minimum atomic E-state index is -0.166. The summed E-state index contributed by atoms with van der Waals surface area (Å²) < 4.78 is 10.6.